The van der Waals surface area contributed by atoms with E-state index in [0.717, 1.165) is 19.4 Å². The van der Waals surface area contributed by atoms with Gasteiger partial charge < -0.3 is 15.4 Å². The molecule has 1 aliphatic rings. The largest absolute Gasteiger partial charge is 0.379 e. The summed E-state index contributed by atoms with van der Waals surface area (Å²) in [6.45, 7) is 7.76. The van der Waals surface area contributed by atoms with Gasteiger partial charge in [-0.15, -0.1) is 0 Å². The highest BCUT2D eigenvalue weighted by Gasteiger charge is 2.32. The van der Waals surface area contributed by atoms with Gasteiger partial charge in [-0.1, -0.05) is 27.2 Å². The molecule has 4 unspecified atom stereocenters. The Morgan fingerprint density at radius 3 is 2.76 bits per heavy atom. The van der Waals surface area contributed by atoms with Gasteiger partial charge in [0.05, 0.1) is 12.1 Å². The normalized spacial score (nSPS) is 28.9. The van der Waals surface area contributed by atoms with Crippen LogP contribution >= 0.6 is 0 Å². The van der Waals surface area contributed by atoms with Crippen LogP contribution in [0.3, 0.4) is 0 Å². The smallest absolute Gasteiger partial charge is 0.239 e. The maximum absolute atomic E-state index is 12.2. The molecule has 0 spiro atoms. The van der Waals surface area contributed by atoms with Crippen molar-refractivity contribution >= 4 is 5.91 Å². The number of likely N-dealkylation sites (tertiary alicyclic amines) is 1. The van der Waals surface area contributed by atoms with Crippen LogP contribution in [-0.4, -0.2) is 43.2 Å². The van der Waals surface area contributed by atoms with Crippen molar-refractivity contribution < 1.29 is 9.53 Å². The minimum atomic E-state index is -0.370. The molecule has 0 aliphatic carbocycles. The highest BCUT2D eigenvalue weighted by Crippen LogP contribution is 2.21. The molecule has 0 aromatic rings. The number of carbonyl (C=O) groups is 1. The molecule has 1 rings (SSSR count). The predicted octanol–water partition coefficient (Wildman–Crippen LogP) is 1.24. The predicted molar refractivity (Wildman–Crippen MR) is 68.6 cm³/mol. The third-order valence-corrected chi connectivity index (χ3v) is 4.05. The third-order valence-electron chi connectivity index (χ3n) is 4.05. The van der Waals surface area contributed by atoms with Crippen LogP contribution in [0, 0.1) is 11.8 Å². The van der Waals surface area contributed by atoms with Gasteiger partial charge in [0, 0.05) is 20.2 Å². The summed E-state index contributed by atoms with van der Waals surface area (Å²) in [4.78, 5) is 14.1. The number of hydrogen-bond acceptors (Lipinski definition) is 3. The molecule has 100 valence electrons. The van der Waals surface area contributed by atoms with Crippen molar-refractivity contribution in [2.75, 3.05) is 20.2 Å². The lowest BCUT2D eigenvalue weighted by atomic mass is 9.93. The Hall–Kier alpha value is -0.610. The molecule has 17 heavy (non-hydrogen) atoms. The van der Waals surface area contributed by atoms with Crippen molar-refractivity contribution in [3.05, 3.63) is 0 Å². The summed E-state index contributed by atoms with van der Waals surface area (Å²) in [7, 11) is 1.71. The van der Waals surface area contributed by atoms with Crippen molar-refractivity contribution in [2.45, 2.75) is 45.8 Å². The average Bonchev–Trinajstić information content (AvgIpc) is 2.36. The number of amides is 1. The van der Waals surface area contributed by atoms with Crippen LogP contribution in [0.2, 0.25) is 0 Å². The second kappa shape index (κ2) is 6.36. The molecule has 0 aromatic carbocycles. The van der Waals surface area contributed by atoms with Crippen LogP contribution < -0.4 is 5.73 Å². The Labute approximate surface area is 104 Å². The molecule has 4 atom stereocenters. The Morgan fingerprint density at radius 1 is 1.59 bits per heavy atom. The summed E-state index contributed by atoms with van der Waals surface area (Å²) < 4.78 is 5.42. The molecule has 1 amide bonds. The quantitative estimate of drug-likeness (QED) is 0.807. The molecule has 0 saturated carbocycles. The fraction of sp³-hybridized carbons (Fsp3) is 0.923. The van der Waals surface area contributed by atoms with E-state index in [2.05, 4.69) is 13.8 Å². The summed E-state index contributed by atoms with van der Waals surface area (Å²) in [6.07, 6.45) is 2.08. The first-order valence-corrected chi connectivity index (χ1v) is 6.58. The van der Waals surface area contributed by atoms with Gasteiger partial charge in [0.1, 0.15) is 0 Å². The molecular formula is C13H26N2O2. The molecule has 0 aromatic heterocycles. The van der Waals surface area contributed by atoms with Gasteiger partial charge in [-0.25, -0.2) is 0 Å². The first-order valence-electron chi connectivity index (χ1n) is 6.58. The molecule has 0 bridgehead atoms. The van der Waals surface area contributed by atoms with Gasteiger partial charge in [-0.2, -0.15) is 0 Å². The van der Waals surface area contributed by atoms with Crippen LogP contribution in [-0.2, 0) is 9.53 Å². The molecule has 4 nitrogen and oxygen atoms in total. The number of nitrogens with two attached hydrogens (primary N) is 1. The van der Waals surface area contributed by atoms with Crippen LogP contribution in [0.5, 0.6) is 0 Å². The first kappa shape index (κ1) is 14.5. The fourth-order valence-corrected chi connectivity index (χ4v) is 2.25. The van der Waals surface area contributed by atoms with Crippen LogP contribution in [0.1, 0.15) is 33.6 Å². The summed E-state index contributed by atoms with van der Waals surface area (Å²) in [5.41, 5.74) is 5.99. The SMILES string of the molecule is CCC(C)C(N)C(=O)N1CCC(C)C(OC)C1. The van der Waals surface area contributed by atoms with Crippen molar-refractivity contribution in [3.8, 4) is 0 Å². The number of hydrogen-bond donors (Lipinski definition) is 1. The van der Waals surface area contributed by atoms with Gasteiger partial charge in [-0.3, -0.25) is 4.79 Å². The first-order chi connectivity index (χ1) is 8.01. The molecule has 1 heterocycles. The van der Waals surface area contributed by atoms with E-state index < -0.39 is 0 Å². The van der Waals surface area contributed by atoms with Gasteiger partial charge >= 0.3 is 0 Å². The monoisotopic (exact) mass is 242 g/mol. The lowest BCUT2D eigenvalue weighted by Crippen LogP contribution is -2.53. The van der Waals surface area contributed by atoms with Crippen molar-refractivity contribution in [1.29, 1.82) is 0 Å². The number of nitrogens with zero attached hydrogens (tertiary/aromatic N) is 1. The molecule has 1 fully saturated rings. The minimum Gasteiger partial charge on any atom is -0.379 e. The zero-order chi connectivity index (χ0) is 13.0. The van der Waals surface area contributed by atoms with Crippen LogP contribution in [0.25, 0.3) is 0 Å². The van der Waals surface area contributed by atoms with E-state index >= 15 is 0 Å². The van der Waals surface area contributed by atoms with E-state index in [9.17, 15) is 4.79 Å². The number of rotatable bonds is 4. The second-order valence-electron chi connectivity index (χ2n) is 5.24. The summed E-state index contributed by atoms with van der Waals surface area (Å²) in [6, 6.07) is -0.370. The van der Waals surface area contributed by atoms with Gasteiger partial charge in [0.25, 0.3) is 0 Å². The lowest BCUT2D eigenvalue weighted by Gasteiger charge is -2.38. The maximum atomic E-state index is 12.2. The maximum Gasteiger partial charge on any atom is 0.239 e. The van der Waals surface area contributed by atoms with E-state index in [1.807, 2.05) is 11.8 Å². The topological polar surface area (TPSA) is 55.6 Å². The van der Waals surface area contributed by atoms with E-state index in [4.69, 9.17) is 10.5 Å². The molecule has 1 aliphatic heterocycles. The fourth-order valence-electron chi connectivity index (χ4n) is 2.25. The highest BCUT2D eigenvalue weighted by molar-refractivity contribution is 5.82. The van der Waals surface area contributed by atoms with E-state index in [-0.39, 0.29) is 24.0 Å². The lowest BCUT2D eigenvalue weighted by molar-refractivity contribution is -0.138. The zero-order valence-corrected chi connectivity index (χ0v) is 11.5. The average molecular weight is 242 g/mol. The Bertz CT molecular complexity index is 258. The standard InChI is InChI=1S/C13H26N2O2/c1-5-9(2)12(14)13(16)15-7-6-10(3)11(8-15)17-4/h9-12H,5-8,14H2,1-4H3. The molecule has 0 radical (unpaired) electrons. The second-order valence-corrected chi connectivity index (χ2v) is 5.24. The summed E-state index contributed by atoms with van der Waals surface area (Å²) >= 11 is 0. The third kappa shape index (κ3) is 3.42. The van der Waals surface area contributed by atoms with E-state index in [0.29, 0.717) is 12.5 Å². The van der Waals surface area contributed by atoms with Gasteiger partial charge in [0.2, 0.25) is 5.91 Å². The Balaban J connectivity index is 2.58. The van der Waals surface area contributed by atoms with E-state index in [1.54, 1.807) is 7.11 Å². The molecule has 2 N–H and O–H groups in total. The minimum absolute atomic E-state index is 0.0771. The van der Waals surface area contributed by atoms with Crippen LogP contribution in [0.4, 0.5) is 0 Å². The number of piperidine rings is 1. The van der Waals surface area contributed by atoms with Crippen molar-refractivity contribution in [1.82, 2.24) is 4.90 Å². The number of carbonyl (C=O) groups excluding carboxylic acids is 1. The van der Waals surface area contributed by atoms with Gasteiger partial charge in [-0.05, 0) is 18.3 Å². The van der Waals surface area contributed by atoms with E-state index in [1.165, 1.54) is 0 Å². The van der Waals surface area contributed by atoms with Crippen molar-refractivity contribution in [2.24, 2.45) is 17.6 Å². The Morgan fingerprint density at radius 2 is 2.24 bits per heavy atom. The van der Waals surface area contributed by atoms with Gasteiger partial charge in [0.15, 0.2) is 0 Å². The summed E-state index contributed by atoms with van der Waals surface area (Å²) in [5.74, 6) is 0.833. The van der Waals surface area contributed by atoms with Crippen molar-refractivity contribution in [3.63, 3.8) is 0 Å². The zero-order valence-electron chi connectivity index (χ0n) is 11.5. The number of methoxy groups -OCH3 is 1. The summed E-state index contributed by atoms with van der Waals surface area (Å²) in [5, 5.41) is 0. The molecule has 4 heteroatoms. The molecule has 1 saturated heterocycles. The van der Waals surface area contributed by atoms with Crippen LogP contribution in [0.15, 0.2) is 0 Å². The molecular weight excluding hydrogens is 216 g/mol. The highest BCUT2D eigenvalue weighted by atomic mass is 16.5. The number of ether oxygens (including phenoxy) is 1. The Kier molecular flexibility index (Phi) is 5.40.